The molecule has 86 valence electrons. The molecule has 2 aromatic heterocycles. The fourth-order valence-electron chi connectivity index (χ4n) is 1.47. The highest BCUT2D eigenvalue weighted by Crippen LogP contribution is 2.33. The third-order valence-electron chi connectivity index (χ3n) is 2.10. The number of aromatic nitrogens is 3. The zero-order valence-electron chi connectivity index (χ0n) is 7.89. The number of halogens is 4. The summed E-state index contributed by atoms with van der Waals surface area (Å²) in [6, 6.07) is 0. The lowest BCUT2D eigenvalue weighted by Gasteiger charge is -2.02. The van der Waals surface area contributed by atoms with E-state index < -0.39 is 22.7 Å². The number of nitrogens with one attached hydrogen (secondary N) is 1. The highest BCUT2D eigenvalue weighted by atomic mass is 127. The van der Waals surface area contributed by atoms with Gasteiger partial charge >= 0.3 is 6.18 Å². The largest absolute Gasteiger partial charge is 0.418 e. The lowest BCUT2D eigenvalue weighted by atomic mass is 10.2. The first kappa shape index (κ1) is 11.4. The molecule has 0 spiro atoms. The van der Waals surface area contributed by atoms with Crippen LogP contribution in [0.1, 0.15) is 5.56 Å². The van der Waals surface area contributed by atoms with Crippen molar-refractivity contribution in [1.29, 1.82) is 0 Å². The van der Waals surface area contributed by atoms with Crippen LogP contribution in [-0.2, 0) is 13.2 Å². The number of aryl methyl sites for hydroxylation is 1. The van der Waals surface area contributed by atoms with E-state index in [2.05, 4.69) is 9.97 Å². The zero-order chi connectivity index (χ0) is 12.1. The van der Waals surface area contributed by atoms with Gasteiger partial charge in [0, 0.05) is 13.2 Å². The van der Waals surface area contributed by atoms with Gasteiger partial charge in [-0.05, 0) is 22.6 Å². The zero-order valence-corrected chi connectivity index (χ0v) is 10.0. The highest BCUT2D eigenvalue weighted by molar-refractivity contribution is 14.1. The van der Waals surface area contributed by atoms with Crippen molar-refractivity contribution < 1.29 is 13.2 Å². The number of hydrogen-bond acceptors (Lipinski definition) is 2. The number of fused-ring (bicyclic) bond motifs is 1. The minimum Gasteiger partial charge on any atom is -0.335 e. The number of nitrogens with zero attached hydrogens (tertiary/aromatic N) is 2. The van der Waals surface area contributed by atoms with Gasteiger partial charge in [-0.15, -0.1) is 0 Å². The molecule has 0 atom stereocenters. The van der Waals surface area contributed by atoms with Crippen LogP contribution in [-0.4, -0.2) is 14.5 Å². The molecule has 8 heteroatoms. The Morgan fingerprint density at radius 1 is 1.50 bits per heavy atom. The summed E-state index contributed by atoms with van der Waals surface area (Å²) in [6.45, 7) is 0. The molecule has 2 aromatic rings. The molecular weight excluding hydrogens is 338 g/mol. The molecule has 0 aliphatic heterocycles. The first-order chi connectivity index (χ1) is 7.30. The van der Waals surface area contributed by atoms with Gasteiger partial charge in [-0.3, -0.25) is 4.79 Å². The molecule has 0 aliphatic rings. The van der Waals surface area contributed by atoms with Crippen LogP contribution in [0, 0.1) is 3.83 Å². The van der Waals surface area contributed by atoms with E-state index in [1.54, 1.807) is 22.6 Å². The van der Waals surface area contributed by atoms with E-state index in [1.807, 2.05) is 0 Å². The first-order valence-corrected chi connectivity index (χ1v) is 5.20. The van der Waals surface area contributed by atoms with E-state index in [0.717, 1.165) is 6.20 Å². The Labute approximate surface area is 101 Å². The van der Waals surface area contributed by atoms with E-state index in [-0.39, 0.29) is 9.48 Å². The van der Waals surface area contributed by atoms with Crippen LogP contribution in [0.4, 0.5) is 13.2 Å². The van der Waals surface area contributed by atoms with Crippen molar-refractivity contribution >= 4 is 33.6 Å². The second kappa shape index (κ2) is 3.47. The molecule has 0 saturated carbocycles. The van der Waals surface area contributed by atoms with Crippen LogP contribution < -0.4 is 5.56 Å². The Morgan fingerprint density at radius 3 is 2.69 bits per heavy atom. The molecule has 0 bridgehead atoms. The number of H-pyrrole nitrogens is 1. The third-order valence-corrected chi connectivity index (χ3v) is 2.61. The van der Waals surface area contributed by atoms with Gasteiger partial charge in [0.15, 0.2) is 3.83 Å². The Morgan fingerprint density at radius 2 is 2.12 bits per heavy atom. The molecule has 0 aromatic carbocycles. The molecule has 4 nitrogen and oxygen atoms in total. The molecule has 16 heavy (non-hydrogen) atoms. The van der Waals surface area contributed by atoms with Crippen molar-refractivity contribution in [3.05, 3.63) is 25.9 Å². The Bertz CT molecular complexity index is 613. The van der Waals surface area contributed by atoms with Crippen molar-refractivity contribution in [3.8, 4) is 0 Å². The smallest absolute Gasteiger partial charge is 0.335 e. The number of aromatic amines is 1. The van der Waals surface area contributed by atoms with Crippen molar-refractivity contribution in [2.75, 3.05) is 0 Å². The quantitative estimate of drug-likeness (QED) is 0.587. The topological polar surface area (TPSA) is 50.7 Å². The maximum absolute atomic E-state index is 12.6. The molecule has 0 unspecified atom stereocenters. The average molecular weight is 343 g/mol. The van der Waals surface area contributed by atoms with Crippen molar-refractivity contribution in [2.24, 2.45) is 7.05 Å². The van der Waals surface area contributed by atoms with E-state index in [0.29, 0.717) is 0 Å². The van der Waals surface area contributed by atoms with Crippen LogP contribution >= 0.6 is 22.6 Å². The Hall–Kier alpha value is -1.06. The van der Waals surface area contributed by atoms with Gasteiger partial charge in [-0.2, -0.15) is 13.2 Å². The Balaban J connectivity index is 2.95. The van der Waals surface area contributed by atoms with Crippen LogP contribution in [0.15, 0.2) is 11.0 Å². The SMILES string of the molecule is Cn1cc(C(F)(F)F)c2c(=O)[nH]c(I)nc21. The molecule has 0 aliphatic carbocycles. The number of hydrogen-bond donors (Lipinski definition) is 1. The third kappa shape index (κ3) is 1.70. The standard InChI is InChI=1S/C8H5F3IN3O/c1-15-2-3(8(9,10)11)4-5(15)13-7(12)14-6(4)16/h2H,1H3,(H,13,14,16). The van der Waals surface area contributed by atoms with Crippen LogP contribution in [0.3, 0.4) is 0 Å². The molecule has 2 heterocycles. The van der Waals surface area contributed by atoms with Crippen LogP contribution in [0.5, 0.6) is 0 Å². The number of rotatable bonds is 0. The van der Waals surface area contributed by atoms with E-state index in [4.69, 9.17) is 0 Å². The molecule has 0 saturated heterocycles. The summed E-state index contributed by atoms with van der Waals surface area (Å²) in [6.07, 6.45) is -3.69. The summed E-state index contributed by atoms with van der Waals surface area (Å²) < 4.78 is 39.3. The van der Waals surface area contributed by atoms with Crippen molar-refractivity contribution in [3.63, 3.8) is 0 Å². The van der Waals surface area contributed by atoms with Gasteiger partial charge < -0.3 is 9.55 Å². The molecular formula is C8H5F3IN3O. The summed E-state index contributed by atoms with van der Waals surface area (Å²) in [7, 11) is 1.42. The predicted octanol–water partition coefficient (Wildman–Crippen LogP) is 1.88. The summed E-state index contributed by atoms with van der Waals surface area (Å²) in [5, 5.41) is -0.421. The number of alkyl halides is 3. The van der Waals surface area contributed by atoms with E-state index in [9.17, 15) is 18.0 Å². The molecule has 1 N–H and O–H groups in total. The molecule has 0 amide bonds. The van der Waals surface area contributed by atoms with E-state index >= 15 is 0 Å². The summed E-state index contributed by atoms with van der Waals surface area (Å²) >= 11 is 1.74. The van der Waals surface area contributed by atoms with Crippen molar-refractivity contribution in [1.82, 2.24) is 14.5 Å². The van der Waals surface area contributed by atoms with Crippen molar-refractivity contribution in [2.45, 2.75) is 6.18 Å². The Kier molecular flexibility index (Phi) is 2.48. The fraction of sp³-hybridized carbons (Fsp3) is 0.250. The minimum absolute atomic E-state index is 0.0282. The van der Waals surface area contributed by atoms with Crippen LogP contribution in [0.2, 0.25) is 0 Å². The fourth-order valence-corrected chi connectivity index (χ4v) is 1.94. The molecule has 2 rings (SSSR count). The van der Waals surface area contributed by atoms with Gasteiger partial charge in [0.1, 0.15) is 5.65 Å². The maximum Gasteiger partial charge on any atom is 0.418 e. The lowest BCUT2D eigenvalue weighted by molar-refractivity contribution is -0.136. The van der Waals surface area contributed by atoms with E-state index in [1.165, 1.54) is 11.6 Å². The molecule has 0 fully saturated rings. The van der Waals surface area contributed by atoms with Crippen LogP contribution in [0.25, 0.3) is 11.0 Å². The van der Waals surface area contributed by atoms with Gasteiger partial charge in [0.25, 0.3) is 5.56 Å². The second-order valence-electron chi connectivity index (χ2n) is 3.21. The monoisotopic (exact) mass is 343 g/mol. The van der Waals surface area contributed by atoms with Gasteiger partial charge in [-0.25, -0.2) is 4.98 Å². The summed E-state index contributed by atoms with van der Waals surface area (Å²) in [5.74, 6) is 0. The van der Waals surface area contributed by atoms with Gasteiger partial charge in [-0.1, -0.05) is 0 Å². The summed E-state index contributed by atoms with van der Waals surface area (Å²) in [4.78, 5) is 17.6. The lowest BCUT2D eigenvalue weighted by Crippen LogP contribution is -2.14. The minimum atomic E-state index is -4.55. The van der Waals surface area contributed by atoms with Gasteiger partial charge in [0.05, 0.1) is 10.9 Å². The predicted molar refractivity (Wildman–Crippen MR) is 59.1 cm³/mol. The molecule has 0 radical (unpaired) electrons. The average Bonchev–Trinajstić information content (AvgIpc) is 2.43. The highest BCUT2D eigenvalue weighted by Gasteiger charge is 2.36. The summed E-state index contributed by atoms with van der Waals surface area (Å²) in [5.41, 5.74) is -1.71. The normalized spacial score (nSPS) is 12.3. The first-order valence-electron chi connectivity index (χ1n) is 4.12. The maximum atomic E-state index is 12.6. The van der Waals surface area contributed by atoms with Gasteiger partial charge in [0.2, 0.25) is 0 Å². The second-order valence-corrected chi connectivity index (χ2v) is 4.23.